The number of aromatic nitrogens is 1. The van der Waals surface area contributed by atoms with Crippen LogP contribution in [-0.2, 0) is 6.42 Å². The quantitative estimate of drug-likeness (QED) is 0.649. The van der Waals surface area contributed by atoms with Crippen molar-refractivity contribution < 1.29 is 14.2 Å². The first-order valence-electron chi connectivity index (χ1n) is 6.96. The van der Waals surface area contributed by atoms with Crippen molar-refractivity contribution in [2.75, 3.05) is 0 Å². The smallest absolute Gasteiger partial charge is 0.219 e. The molecule has 1 aliphatic rings. The summed E-state index contributed by atoms with van der Waals surface area (Å²) < 4.78 is 19.9. The molecule has 0 saturated heterocycles. The standard InChI is InChI=1S/C17H15ClFNO2/c1-9-3-4-11(14(19)7-9)13-8-16(18)20-17-12(13)5-6-15(22-17)10(2)21/h3-4,7-8,15,21H,2,5-6H2,1H3. The molecule has 0 bridgehead atoms. The number of rotatable bonds is 2. The van der Waals surface area contributed by atoms with Crippen LogP contribution in [-0.4, -0.2) is 16.2 Å². The van der Waals surface area contributed by atoms with Gasteiger partial charge in [0.25, 0.3) is 0 Å². The van der Waals surface area contributed by atoms with Crippen molar-refractivity contribution in [1.82, 2.24) is 4.98 Å². The number of ether oxygens (including phenoxy) is 1. The van der Waals surface area contributed by atoms with Gasteiger partial charge in [0, 0.05) is 11.1 Å². The normalized spacial score (nSPS) is 16.8. The molecule has 1 atom stereocenters. The average molecular weight is 320 g/mol. The molecule has 0 amide bonds. The van der Waals surface area contributed by atoms with Gasteiger partial charge in [-0.3, -0.25) is 0 Å². The van der Waals surface area contributed by atoms with Crippen molar-refractivity contribution in [3.63, 3.8) is 0 Å². The highest BCUT2D eigenvalue weighted by atomic mass is 35.5. The zero-order valence-electron chi connectivity index (χ0n) is 12.1. The van der Waals surface area contributed by atoms with E-state index in [0.29, 0.717) is 29.8 Å². The number of halogens is 2. The van der Waals surface area contributed by atoms with Gasteiger partial charge in [0.05, 0.1) is 0 Å². The Hall–Kier alpha value is -2.07. The minimum absolute atomic E-state index is 0.0458. The predicted octanol–water partition coefficient (Wildman–Crippen LogP) is 4.61. The Balaban J connectivity index is 2.12. The molecule has 2 heterocycles. The van der Waals surface area contributed by atoms with Crippen LogP contribution < -0.4 is 4.74 Å². The second-order valence-corrected chi connectivity index (χ2v) is 5.78. The second-order valence-electron chi connectivity index (χ2n) is 5.40. The lowest BCUT2D eigenvalue weighted by atomic mass is 9.94. The highest BCUT2D eigenvalue weighted by molar-refractivity contribution is 6.29. The molecule has 1 aromatic heterocycles. The summed E-state index contributed by atoms with van der Waals surface area (Å²) in [7, 11) is 0. The Labute approximate surface area is 133 Å². The van der Waals surface area contributed by atoms with Gasteiger partial charge in [0.15, 0.2) is 6.10 Å². The van der Waals surface area contributed by atoms with E-state index in [0.717, 1.165) is 11.1 Å². The highest BCUT2D eigenvalue weighted by Crippen LogP contribution is 2.38. The molecule has 0 radical (unpaired) electrons. The van der Waals surface area contributed by atoms with E-state index in [1.54, 1.807) is 12.1 Å². The number of pyridine rings is 1. The summed E-state index contributed by atoms with van der Waals surface area (Å²) >= 11 is 6.04. The first-order valence-corrected chi connectivity index (χ1v) is 7.34. The molecule has 0 aliphatic carbocycles. The van der Waals surface area contributed by atoms with Crippen LogP contribution in [0.25, 0.3) is 11.1 Å². The summed E-state index contributed by atoms with van der Waals surface area (Å²) in [6.45, 7) is 5.32. The summed E-state index contributed by atoms with van der Waals surface area (Å²) in [5.41, 5.74) is 2.79. The molecule has 1 aromatic carbocycles. The van der Waals surface area contributed by atoms with E-state index < -0.39 is 6.10 Å². The van der Waals surface area contributed by atoms with Crippen LogP contribution in [0.3, 0.4) is 0 Å². The fourth-order valence-electron chi connectivity index (χ4n) is 2.64. The SMILES string of the molecule is C=C(O)C1CCc2c(-c3ccc(C)cc3F)cc(Cl)nc2O1. The van der Waals surface area contributed by atoms with E-state index >= 15 is 0 Å². The van der Waals surface area contributed by atoms with Crippen LogP contribution in [0.2, 0.25) is 5.15 Å². The Morgan fingerprint density at radius 1 is 1.41 bits per heavy atom. The number of hydrogen-bond acceptors (Lipinski definition) is 3. The van der Waals surface area contributed by atoms with Crippen LogP contribution in [0.4, 0.5) is 4.39 Å². The van der Waals surface area contributed by atoms with Crippen molar-refractivity contribution in [2.24, 2.45) is 0 Å². The van der Waals surface area contributed by atoms with Crippen molar-refractivity contribution in [3.8, 4) is 17.0 Å². The van der Waals surface area contributed by atoms with Gasteiger partial charge in [-0.25, -0.2) is 9.37 Å². The summed E-state index contributed by atoms with van der Waals surface area (Å²) in [4.78, 5) is 4.15. The lowest BCUT2D eigenvalue weighted by Crippen LogP contribution is -2.25. The number of benzene rings is 1. The van der Waals surface area contributed by atoms with E-state index in [1.807, 2.05) is 13.0 Å². The molecule has 1 unspecified atom stereocenters. The van der Waals surface area contributed by atoms with Gasteiger partial charge in [-0.15, -0.1) is 0 Å². The van der Waals surface area contributed by atoms with Crippen molar-refractivity contribution in [3.05, 3.63) is 58.7 Å². The van der Waals surface area contributed by atoms with E-state index in [4.69, 9.17) is 16.3 Å². The van der Waals surface area contributed by atoms with Crippen LogP contribution in [0.15, 0.2) is 36.6 Å². The Kier molecular flexibility index (Phi) is 3.79. The number of aliphatic hydroxyl groups is 1. The summed E-state index contributed by atoms with van der Waals surface area (Å²) in [6, 6.07) is 6.71. The van der Waals surface area contributed by atoms with Gasteiger partial charge >= 0.3 is 0 Å². The van der Waals surface area contributed by atoms with E-state index in [9.17, 15) is 9.50 Å². The third-order valence-electron chi connectivity index (χ3n) is 3.75. The lowest BCUT2D eigenvalue weighted by Gasteiger charge is -2.26. The molecule has 1 aliphatic heterocycles. The molecule has 2 aromatic rings. The number of nitrogens with zero attached hydrogens (tertiary/aromatic N) is 1. The third kappa shape index (κ3) is 2.66. The maximum absolute atomic E-state index is 14.3. The van der Waals surface area contributed by atoms with Crippen LogP contribution in [0.1, 0.15) is 17.5 Å². The molecule has 5 heteroatoms. The fraction of sp³-hybridized carbons (Fsp3) is 0.235. The van der Waals surface area contributed by atoms with Crippen LogP contribution in [0.5, 0.6) is 5.88 Å². The zero-order valence-corrected chi connectivity index (χ0v) is 12.8. The highest BCUT2D eigenvalue weighted by Gasteiger charge is 2.27. The lowest BCUT2D eigenvalue weighted by molar-refractivity contribution is 0.148. The zero-order chi connectivity index (χ0) is 15.9. The average Bonchev–Trinajstić information content (AvgIpc) is 2.45. The summed E-state index contributed by atoms with van der Waals surface area (Å²) in [6.07, 6.45) is 0.660. The van der Waals surface area contributed by atoms with Gasteiger partial charge in [0.1, 0.15) is 16.7 Å². The second kappa shape index (κ2) is 5.61. The first-order chi connectivity index (χ1) is 10.5. The van der Waals surface area contributed by atoms with Crippen LogP contribution >= 0.6 is 11.6 Å². The van der Waals surface area contributed by atoms with Crippen LogP contribution in [0, 0.1) is 12.7 Å². The summed E-state index contributed by atoms with van der Waals surface area (Å²) in [5.74, 6) is -0.0254. The van der Waals surface area contributed by atoms with E-state index in [2.05, 4.69) is 11.6 Å². The molecule has 3 rings (SSSR count). The third-order valence-corrected chi connectivity index (χ3v) is 3.95. The van der Waals surface area contributed by atoms with E-state index in [-0.39, 0.29) is 16.7 Å². The number of aliphatic hydroxyl groups excluding tert-OH is 1. The molecule has 0 fully saturated rings. The Bertz CT molecular complexity index is 761. The Morgan fingerprint density at radius 2 is 2.18 bits per heavy atom. The molecule has 0 spiro atoms. The number of aryl methyl sites for hydroxylation is 1. The largest absolute Gasteiger partial charge is 0.509 e. The number of fused-ring (bicyclic) bond motifs is 1. The van der Waals surface area contributed by atoms with E-state index in [1.165, 1.54) is 6.07 Å². The molecule has 22 heavy (non-hydrogen) atoms. The fourth-order valence-corrected chi connectivity index (χ4v) is 2.83. The van der Waals surface area contributed by atoms with Gasteiger partial charge in [-0.2, -0.15) is 0 Å². The Morgan fingerprint density at radius 3 is 2.86 bits per heavy atom. The first kappa shape index (κ1) is 14.9. The topological polar surface area (TPSA) is 42.4 Å². The predicted molar refractivity (Wildman–Crippen MR) is 83.9 cm³/mol. The summed E-state index contributed by atoms with van der Waals surface area (Å²) in [5, 5.41) is 9.71. The minimum Gasteiger partial charge on any atom is -0.509 e. The minimum atomic E-state index is -0.505. The monoisotopic (exact) mass is 319 g/mol. The maximum Gasteiger partial charge on any atom is 0.219 e. The van der Waals surface area contributed by atoms with Crippen molar-refractivity contribution in [1.29, 1.82) is 0 Å². The molecule has 1 N–H and O–H groups in total. The molecule has 114 valence electrons. The number of hydrogen-bond donors (Lipinski definition) is 1. The molecule has 3 nitrogen and oxygen atoms in total. The van der Waals surface area contributed by atoms with Gasteiger partial charge in [-0.05, 0) is 43.0 Å². The van der Waals surface area contributed by atoms with Crippen molar-refractivity contribution >= 4 is 11.6 Å². The maximum atomic E-state index is 14.3. The molecular formula is C17H15ClFNO2. The van der Waals surface area contributed by atoms with Gasteiger partial charge in [0.2, 0.25) is 5.88 Å². The van der Waals surface area contributed by atoms with Gasteiger partial charge in [-0.1, -0.05) is 30.3 Å². The molecule has 0 saturated carbocycles. The van der Waals surface area contributed by atoms with Crippen molar-refractivity contribution in [2.45, 2.75) is 25.9 Å². The molecular weight excluding hydrogens is 305 g/mol. The van der Waals surface area contributed by atoms with Gasteiger partial charge < -0.3 is 9.84 Å².